The van der Waals surface area contributed by atoms with Gasteiger partial charge >= 0.3 is 11.9 Å². The van der Waals surface area contributed by atoms with Crippen molar-refractivity contribution in [1.82, 2.24) is 5.32 Å². The summed E-state index contributed by atoms with van der Waals surface area (Å²) >= 11 is 0. The molecule has 49 atom stereocenters. The molecule has 0 bridgehead atoms. The predicted molar refractivity (Wildman–Crippen MR) is 440 cm³/mol. The van der Waals surface area contributed by atoms with Gasteiger partial charge in [-0.2, -0.15) is 0 Å². The molecule has 0 spiro atoms. The fourth-order valence-corrected chi connectivity index (χ4v) is 23.7. The molecule has 0 unspecified atom stereocenters. The molecule has 44 nitrogen and oxygen atoms in total. The van der Waals surface area contributed by atoms with Gasteiger partial charge in [0, 0.05) is 31.3 Å². The van der Waals surface area contributed by atoms with Crippen molar-refractivity contribution in [3.8, 4) is 0 Å². The minimum atomic E-state index is -2.25. The van der Waals surface area contributed by atoms with Crippen LogP contribution in [0.5, 0.6) is 0 Å². The van der Waals surface area contributed by atoms with Gasteiger partial charge in [0.15, 0.2) is 50.1 Å². The predicted octanol–water partition coefficient (Wildman–Crippen LogP) is -7.51. The van der Waals surface area contributed by atoms with Gasteiger partial charge in [-0.1, -0.05) is 72.3 Å². The first-order chi connectivity index (χ1) is 61.9. The molecule has 1 amide bonds. The van der Waals surface area contributed by atoms with Crippen molar-refractivity contribution < 1.29 is 213 Å². The van der Waals surface area contributed by atoms with Crippen LogP contribution in [-0.2, 0) is 90.2 Å². The number of hydrogen-bond acceptors (Lipinski definition) is 43. The summed E-state index contributed by atoms with van der Waals surface area (Å²) in [4.78, 5) is 44.7. The summed E-state index contributed by atoms with van der Waals surface area (Å²) in [5.74, 6) is -5.45. The largest absolute Gasteiger partial charge is 0.458 e. The van der Waals surface area contributed by atoms with Crippen molar-refractivity contribution >= 4 is 17.8 Å². The summed E-state index contributed by atoms with van der Waals surface area (Å²) < 4.78 is 98.0. The van der Waals surface area contributed by atoms with E-state index in [0.29, 0.717) is 32.1 Å². The second-order valence-corrected chi connectivity index (χ2v) is 40.9. The topological polar surface area (TPSA) is 696 Å². The van der Waals surface area contributed by atoms with E-state index in [2.05, 4.69) is 31.8 Å². The highest BCUT2D eigenvalue weighted by Crippen LogP contribution is 2.76. The van der Waals surface area contributed by atoms with Crippen molar-refractivity contribution in [2.45, 2.75) is 398 Å². The zero-order chi connectivity index (χ0) is 97.0. The molecule has 44 heteroatoms. The number of aliphatic hydroxyl groups is 24. The lowest BCUT2D eigenvalue weighted by molar-refractivity contribution is -0.383. The Morgan fingerprint density at radius 1 is 0.538 bits per heavy atom. The molecular weight excluding hydrogens is 1760 g/mol. The van der Waals surface area contributed by atoms with Gasteiger partial charge in [0.1, 0.15) is 158 Å². The quantitative estimate of drug-likeness (QED) is 0.0150. The highest BCUT2D eigenvalue weighted by molar-refractivity contribution is 5.89. The molecule has 0 aromatic heterocycles. The van der Waals surface area contributed by atoms with Crippen LogP contribution in [0.4, 0.5) is 0 Å². The van der Waals surface area contributed by atoms with E-state index in [9.17, 15) is 132 Å². The first-order valence-electron chi connectivity index (χ1n) is 45.8. The molecule has 7 heterocycles. The number of hydrogen-bond donors (Lipinski definition) is 25. The summed E-state index contributed by atoms with van der Waals surface area (Å²) in [7, 11) is 0. The number of amides is 1. The van der Waals surface area contributed by atoms with Crippen molar-refractivity contribution in [3.63, 3.8) is 0 Å². The minimum absolute atomic E-state index is 0.0184. The van der Waals surface area contributed by atoms with Crippen molar-refractivity contribution in [2.24, 2.45) is 56.2 Å². The fourth-order valence-electron chi connectivity index (χ4n) is 23.7. The number of carbonyl (C=O) groups is 3. The number of nitrogens with one attached hydrogen (secondary N) is 1. The molecule has 5 saturated carbocycles. The monoisotopic (exact) mass is 1900 g/mol. The molecule has 0 aromatic carbocycles. The van der Waals surface area contributed by atoms with Crippen LogP contribution in [0.25, 0.3) is 0 Å². The van der Waals surface area contributed by atoms with E-state index in [0.717, 1.165) is 5.57 Å². The van der Waals surface area contributed by atoms with E-state index >= 15 is 4.79 Å². The van der Waals surface area contributed by atoms with Gasteiger partial charge in [-0.25, -0.2) is 4.79 Å². The Kier molecular flexibility index (Phi) is 32.7. The number of fused-ring (bicyclic) bond motifs is 7. The molecule has 132 heavy (non-hydrogen) atoms. The zero-order valence-corrected chi connectivity index (χ0v) is 75.9. The summed E-state index contributed by atoms with van der Waals surface area (Å²) in [6.45, 7) is 19.0. The maximum Gasteiger partial charge on any atom is 0.336 e. The van der Waals surface area contributed by atoms with E-state index in [1.165, 1.54) is 32.9 Å². The Morgan fingerprint density at radius 2 is 1.13 bits per heavy atom. The number of carbonyl (C=O) groups excluding carboxylic acids is 3. The molecule has 13 rings (SSSR count). The zero-order valence-electron chi connectivity index (χ0n) is 75.9. The van der Waals surface area contributed by atoms with Gasteiger partial charge in [0.05, 0.1) is 80.8 Å². The Morgan fingerprint density at radius 3 is 1.78 bits per heavy atom. The Balaban J connectivity index is 0.799. The van der Waals surface area contributed by atoms with E-state index < -0.39 is 359 Å². The number of rotatable bonds is 28. The smallest absolute Gasteiger partial charge is 0.336 e. The summed E-state index contributed by atoms with van der Waals surface area (Å²) in [5.41, 5.74) is -7.34. The third kappa shape index (κ3) is 19.5. The Bertz CT molecular complexity index is 3980. The summed E-state index contributed by atoms with van der Waals surface area (Å²) in [5, 5.41) is 270. The molecule has 0 aromatic rings. The SMILES string of the molecule is C=C[C@](C)(CC/C=C(\CO)C(=O)O[C@@H]1C[C@]2(C(=O)O[C@@H]3O[C@H](CO)[C@@H](O)[C@H](O)[C@H]3O[C@@H]3O[C@@H](C)[C@H](O[C@@H]4O[C@@H](CO)[C@H](O)[C@H]4O)[C@@H](O[C@@H]4C[C@H](CO)[C@@H](O)[C@H](O)[C@H]4O)[C@H]3O)[C@H](O)C[C@]3(C)C(=CC[C@@H]4[C@@]5(C)CC[C@H](O[C@@H]6O[C@H](CO[C@@H]7O[C@H](O)[C@H](O)[C@H](O)[C@H]7O[C@@H]7OC[C@@H](O)[C@H](O)[C@H]7O)[C@@H](O)[C@H](O)[C@H]6NC(C)=O)C(C)(C)[C@@H]5CC[C@]43C)[C@@H]2CC1(C)C)O[C@@H]1O[C@H](C)[C@@H](O)[C@H](O)[C@H]1O. The van der Waals surface area contributed by atoms with E-state index in [1.807, 2.05) is 20.8 Å². The van der Waals surface area contributed by atoms with E-state index in [1.54, 1.807) is 20.8 Å². The third-order valence-electron chi connectivity index (χ3n) is 32.1. The second kappa shape index (κ2) is 41.0. The lowest BCUT2D eigenvalue weighted by Crippen LogP contribution is -2.70. The van der Waals surface area contributed by atoms with Crippen LogP contribution < -0.4 is 5.32 Å². The number of allylic oxidation sites excluding steroid dienone is 3. The van der Waals surface area contributed by atoms with Crippen LogP contribution in [-0.4, -0.2) is 431 Å². The highest BCUT2D eigenvalue weighted by Gasteiger charge is 2.74. The molecule has 7 saturated heterocycles. The van der Waals surface area contributed by atoms with Crippen molar-refractivity contribution in [1.29, 1.82) is 0 Å². The number of ether oxygens (including phenoxy) is 16. The highest BCUT2D eigenvalue weighted by atomic mass is 16.8. The first kappa shape index (κ1) is 105. The summed E-state index contributed by atoms with van der Waals surface area (Å²) in [6.07, 6.45) is -61.5. The average Bonchev–Trinajstić information content (AvgIpc) is 0.700. The standard InChI is InChI=1S/C88H141NO43/c1-13-84(9,132-78-66(112)59(105)51(97)33(2)119-78)20-14-15-36(27-90)72(114)125-49-26-88(81(116)131-80-71(61(107)55(101)42(29-92)123-80)129-77-67(113)69(121-41-23-37(28-91)52(98)60(106)54(41)100)68(34(3)120-77)127-76-65(111)56(102)43(30-93)122-76)39(24-82(49,5)6)38-16-17-46-85(10)21-19-48(83(7,8)45(85)18-22-86(46,11)87(38,12)25-47(88)96)126-74-50(89-35(4)94)58(104)57(103)44(124-74)32-118-79-70(62(108)63(109)73(115)130-79)128-75-64(110)53(99)40(95)31-117-75/h13,15-16,33-34,37,39-71,73-80,90-93,95-113,115H,1,14,17-32H2,2-12H3,(H,89,94)/b36-15+/t33-,34+,37-,39+,40-,41-,42-,43+,44-,45+,46-,47-,48+,49-,50-,51-,52-,53+,54+,55-,56+,57-,58-,59+,60+,61+,62+,63-,64-,65-,66-,67-,68+,69+,70-,71-,73+,74+,75+,76+,77+,78+,79-,80+,84-,85+,86-,87-,88-/m1/s1. The molecule has 0 radical (unpaired) electrons. The van der Waals surface area contributed by atoms with E-state index in [4.69, 9.17) is 75.8 Å². The van der Waals surface area contributed by atoms with Crippen LogP contribution in [0.3, 0.4) is 0 Å². The van der Waals surface area contributed by atoms with Gasteiger partial charge in [-0.3, -0.25) is 9.59 Å². The normalized spacial score (nSPS) is 50.7. The molecule has 7 aliphatic heterocycles. The number of aliphatic hydroxyl groups excluding tert-OH is 24. The molecule has 12 fully saturated rings. The van der Waals surface area contributed by atoms with Crippen LogP contribution in [0.1, 0.15) is 147 Å². The maximum absolute atomic E-state index is 16.8. The van der Waals surface area contributed by atoms with Crippen LogP contribution >= 0.6 is 0 Å². The van der Waals surface area contributed by atoms with Gasteiger partial charge in [0.2, 0.25) is 12.2 Å². The molecule has 25 N–H and O–H groups in total. The van der Waals surface area contributed by atoms with Gasteiger partial charge in [0.25, 0.3) is 0 Å². The molecule has 13 aliphatic rings. The average molecular weight is 1900 g/mol. The summed E-state index contributed by atoms with van der Waals surface area (Å²) in [6, 6.07) is -1.40. The number of esters is 2. The van der Waals surface area contributed by atoms with Gasteiger partial charge in [-0.15, -0.1) is 6.58 Å². The van der Waals surface area contributed by atoms with Crippen LogP contribution in [0, 0.1) is 56.2 Å². The lowest BCUT2D eigenvalue weighted by Gasteiger charge is -2.72. The lowest BCUT2D eigenvalue weighted by atomic mass is 9.33. The third-order valence-corrected chi connectivity index (χ3v) is 32.1. The first-order valence-corrected chi connectivity index (χ1v) is 45.8. The fraction of sp³-hybridized carbons (Fsp3) is 0.898. The van der Waals surface area contributed by atoms with Crippen molar-refractivity contribution in [2.75, 3.05) is 39.6 Å². The molecular formula is C88H141NO43. The molecule has 756 valence electrons. The second-order valence-electron chi connectivity index (χ2n) is 40.9. The van der Waals surface area contributed by atoms with E-state index in [-0.39, 0.29) is 49.5 Å². The van der Waals surface area contributed by atoms with Crippen LogP contribution in [0.15, 0.2) is 36.0 Å². The minimum Gasteiger partial charge on any atom is -0.458 e. The Labute approximate surface area is 762 Å². The van der Waals surface area contributed by atoms with Gasteiger partial charge in [-0.05, 0) is 124 Å². The molecule has 6 aliphatic carbocycles. The van der Waals surface area contributed by atoms with Gasteiger partial charge < -0.3 is 204 Å². The Hall–Kier alpha value is -3.89. The van der Waals surface area contributed by atoms with Crippen LogP contribution in [0.2, 0.25) is 0 Å². The van der Waals surface area contributed by atoms with Crippen molar-refractivity contribution in [3.05, 3.63) is 36.0 Å². The maximum atomic E-state index is 16.8.